The minimum absolute atomic E-state index is 0.528. The molecule has 0 spiro atoms. The maximum absolute atomic E-state index is 3.95. The fourth-order valence-electron chi connectivity index (χ4n) is 3.05. The zero-order chi connectivity index (χ0) is 13.5. The topological polar surface area (TPSA) is 12.0 Å². The second-order valence-corrected chi connectivity index (χ2v) is 6.70. The first-order valence-corrected chi connectivity index (χ1v) is 8.89. The Bertz CT molecular complexity index is 342. The number of benzene rings is 1. The molecule has 2 atom stereocenters. The van der Waals surface area contributed by atoms with E-state index in [0.29, 0.717) is 12.1 Å². The van der Waals surface area contributed by atoms with Crippen LogP contribution in [0.2, 0.25) is 0 Å². The molecule has 0 saturated carbocycles. The fourth-order valence-corrected chi connectivity index (χ4v) is 4.14. The zero-order valence-electron chi connectivity index (χ0n) is 12.3. The van der Waals surface area contributed by atoms with Crippen LogP contribution in [0.4, 0.5) is 0 Å². The molecule has 1 nitrogen and oxygen atoms in total. The normalized spacial score (nSPS) is 21.5. The molecule has 0 radical (unpaired) electrons. The fraction of sp³-hybridized carbons (Fsp3) is 0.647. The van der Waals surface area contributed by atoms with Crippen molar-refractivity contribution >= 4 is 11.8 Å². The van der Waals surface area contributed by atoms with Crippen molar-refractivity contribution in [2.24, 2.45) is 5.92 Å². The van der Waals surface area contributed by atoms with Gasteiger partial charge in [-0.15, -0.1) is 0 Å². The third-order valence-electron chi connectivity index (χ3n) is 4.25. The predicted molar refractivity (Wildman–Crippen MR) is 86.7 cm³/mol. The maximum atomic E-state index is 3.95. The number of nitrogens with one attached hydrogen (secondary N) is 1. The van der Waals surface area contributed by atoms with E-state index in [9.17, 15) is 0 Å². The Morgan fingerprint density at radius 1 is 1.21 bits per heavy atom. The third-order valence-corrected chi connectivity index (χ3v) is 5.47. The molecular formula is C17H27NS. The molecule has 1 N–H and O–H groups in total. The van der Waals surface area contributed by atoms with Crippen molar-refractivity contribution in [1.29, 1.82) is 0 Å². The van der Waals surface area contributed by atoms with Crippen molar-refractivity contribution in [1.82, 2.24) is 5.32 Å². The SMILES string of the molecule is CCC(CC)C(NC1CCCSC1)c1ccccc1. The van der Waals surface area contributed by atoms with Crippen molar-refractivity contribution in [3.63, 3.8) is 0 Å². The predicted octanol–water partition coefficient (Wildman–Crippen LogP) is 4.65. The Morgan fingerprint density at radius 3 is 2.53 bits per heavy atom. The van der Waals surface area contributed by atoms with Gasteiger partial charge in [-0.25, -0.2) is 0 Å². The lowest BCUT2D eigenvalue weighted by molar-refractivity contribution is 0.308. The first-order valence-electron chi connectivity index (χ1n) is 7.73. The summed E-state index contributed by atoms with van der Waals surface area (Å²) in [7, 11) is 0. The Kier molecular flexibility index (Phi) is 6.25. The molecule has 2 rings (SSSR count). The largest absolute Gasteiger partial charge is 0.306 e. The van der Waals surface area contributed by atoms with Crippen molar-refractivity contribution in [2.75, 3.05) is 11.5 Å². The molecular weight excluding hydrogens is 250 g/mol. The van der Waals surface area contributed by atoms with Crippen LogP contribution in [0.3, 0.4) is 0 Å². The summed E-state index contributed by atoms with van der Waals surface area (Å²) in [5.74, 6) is 3.37. The highest BCUT2D eigenvalue weighted by Crippen LogP contribution is 2.29. The highest BCUT2D eigenvalue weighted by Gasteiger charge is 2.24. The van der Waals surface area contributed by atoms with Gasteiger partial charge in [0.25, 0.3) is 0 Å². The van der Waals surface area contributed by atoms with Gasteiger partial charge in [-0.05, 0) is 30.1 Å². The number of hydrogen-bond acceptors (Lipinski definition) is 2. The molecule has 1 heterocycles. The number of hydrogen-bond donors (Lipinski definition) is 1. The van der Waals surface area contributed by atoms with Gasteiger partial charge >= 0.3 is 0 Å². The van der Waals surface area contributed by atoms with E-state index in [4.69, 9.17) is 0 Å². The van der Waals surface area contributed by atoms with Crippen LogP contribution < -0.4 is 5.32 Å². The lowest BCUT2D eigenvalue weighted by Crippen LogP contribution is -2.39. The van der Waals surface area contributed by atoms with Crippen LogP contribution in [0.15, 0.2) is 30.3 Å². The Labute approximate surface area is 122 Å². The van der Waals surface area contributed by atoms with Gasteiger partial charge in [-0.2, -0.15) is 11.8 Å². The molecule has 1 fully saturated rings. The van der Waals surface area contributed by atoms with Crippen LogP contribution in [0.1, 0.15) is 51.1 Å². The molecule has 0 amide bonds. The summed E-state index contributed by atoms with van der Waals surface area (Å²) in [5, 5.41) is 3.95. The number of thioether (sulfide) groups is 1. The molecule has 0 bridgehead atoms. The monoisotopic (exact) mass is 277 g/mol. The van der Waals surface area contributed by atoms with Crippen LogP contribution in [0.25, 0.3) is 0 Å². The van der Waals surface area contributed by atoms with Crippen LogP contribution in [0, 0.1) is 5.92 Å². The standard InChI is InChI=1S/C17H27NS/c1-3-14(4-2)17(15-9-6-5-7-10-15)18-16-11-8-12-19-13-16/h5-7,9-10,14,16-18H,3-4,8,11-13H2,1-2H3. The summed E-state index contributed by atoms with van der Waals surface area (Å²) < 4.78 is 0. The summed E-state index contributed by atoms with van der Waals surface area (Å²) in [6.07, 6.45) is 5.22. The molecule has 2 unspecified atom stereocenters. The highest BCUT2D eigenvalue weighted by atomic mass is 32.2. The van der Waals surface area contributed by atoms with Gasteiger partial charge in [0.1, 0.15) is 0 Å². The Hall–Kier alpha value is -0.470. The molecule has 1 aromatic carbocycles. The minimum atomic E-state index is 0.528. The van der Waals surface area contributed by atoms with E-state index in [1.807, 2.05) is 0 Å². The van der Waals surface area contributed by atoms with Crippen molar-refractivity contribution in [3.8, 4) is 0 Å². The van der Waals surface area contributed by atoms with E-state index in [1.165, 1.54) is 42.8 Å². The molecule has 0 aliphatic carbocycles. The lowest BCUT2D eigenvalue weighted by Gasteiger charge is -2.33. The summed E-state index contributed by atoms with van der Waals surface area (Å²) in [4.78, 5) is 0. The molecule has 2 heteroatoms. The lowest BCUT2D eigenvalue weighted by atomic mass is 9.88. The van der Waals surface area contributed by atoms with Crippen molar-refractivity contribution in [2.45, 2.75) is 51.6 Å². The van der Waals surface area contributed by atoms with Crippen LogP contribution >= 0.6 is 11.8 Å². The van der Waals surface area contributed by atoms with Crippen LogP contribution in [-0.4, -0.2) is 17.5 Å². The van der Waals surface area contributed by atoms with Crippen LogP contribution in [0.5, 0.6) is 0 Å². The highest BCUT2D eigenvalue weighted by molar-refractivity contribution is 7.99. The van der Waals surface area contributed by atoms with Crippen molar-refractivity contribution in [3.05, 3.63) is 35.9 Å². The van der Waals surface area contributed by atoms with Gasteiger partial charge in [0.15, 0.2) is 0 Å². The van der Waals surface area contributed by atoms with E-state index in [1.54, 1.807) is 0 Å². The molecule has 1 aliphatic heterocycles. The summed E-state index contributed by atoms with van der Waals surface area (Å²) in [6.45, 7) is 4.64. The maximum Gasteiger partial charge on any atom is 0.0351 e. The second-order valence-electron chi connectivity index (χ2n) is 5.55. The smallest absolute Gasteiger partial charge is 0.0351 e. The Balaban J connectivity index is 2.09. The molecule has 1 aliphatic rings. The molecule has 19 heavy (non-hydrogen) atoms. The molecule has 1 saturated heterocycles. The van der Waals surface area contributed by atoms with Gasteiger partial charge in [0, 0.05) is 17.8 Å². The van der Waals surface area contributed by atoms with Crippen molar-refractivity contribution < 1.29 is 0 Å². The number of rotatable bonds is 6. The van der Waals surface area contributed by atoms with Gasteiger partial charge < -0.3 is 5.32 Å². The molecule has 106 valence electrons. The first kappa shape index (κ1) is 14.9. The Morgan fingerprint density at radius 2 is 1.95 bits per heavy atom. The minimum Gasteiger partial charge on any atom is -0.306 e. The average molecular weight is 277 g/mol. The second kappa shape index (κ2) is 7.96. The zero-order valence-corrected chi connectivity index (χ0v) is 13.1. The van der Waals surface area contributed by atoms with E-state index in [0.717, 1.165) is 5.92 Å². The quantitative estimate of drug-likeness (QED) is 0.812. The van der Waals surface area contributed by atoms with Crippen LogP contribution in [-0.2, 0) is 0 Å². The average Bonchev–Trinajstić information content (AvgIpc) is 2.49. The summed E-state index contributed by atoms with van der Waals surface area (Å²) in [5.41, 5.74) is 1.46. The summed E-state index contributed by atoms with van der Waals surface area (Å²) in [6, 6.07) is 12.2. The van der Waals surface area contributed by atoms with Gasteiger partial charge in [0.2, 0.25) is 0 Å². The van der Waals surface area contributed by atoms with E-state index in [-0.39, 0.29) is 0 Å². The van der Waals surface area contributed by atoms with Gasteiger partial charge in [0.05, 0.1) is 0 Å². The van der Waals surface area contributed by atoms with E-state index >= 15 is 0 Å². The van der Waals surface area contributed by atoms with E-state index < -0.39 is 0 Å². The van der Waals surface area contributed by atoms with Gasteiger partial charge in [-0.3, -0.25) is 0 Å². The first-order chi connectivity index (χ1) is 9.35. The third kappa shape index (κ3) is 4.25. The van der Waals surface area contributed by atoms with E-state index in [2.05, 4.69) is 61.3 Å². The van der Waals surface area contributed by atoms with Gasteiger partial charge in [-0.1, -0.05) is 57.0 Å². The molecule has 1 aromatic rings. The summed E-state index contributed by atoms with van der Waals surface area (Å²) >= 11 is 2.10. The molecule has 0 aromatic heterocycles.